The second kappa shape index (κ2) is 7.10. The van der Waals surface area contributed by atoms with Crippen LogP contribution in [0, 0.1) is 0 Å². The number of aliphatic carboxylic acids is 1. The predicted octanol–water partition coefficient (Wildman–Crippen LogP) is 1.76. The first-order chi connectivity index (χ1) is 5.66. The van der Waals surface area contributed by atoms with Crippen LogP contribution in [-0.2, 0) is 4.79 Å². The van der Waals surface area contributed by atoms with Crippen LogP contribution in [0.15, 0.2) is 0 Å². The second-order valence-corrected chi connectivity index (χ2v) is 3.15. The van der Waals surface area contributed by atoms with Crippen molar-refractivity contribution in [1.29, 1.82) is 0 Å². The van der Waals surface area contributed by atoms with E-state index in [0.717, 1.165) is 0 Å². The van der Waals surface area contributed by atoms with Gasteiger partial charge in [-0.2, -0.15) is 0 Å². The minimum atomic E-state index is -0.745. The maximum atomic E-state index is 9.37. The van der Waals surface area contributed by atoms with Crippen LogP contribution in [-0.4, -0.2) is 17.1 Å². The smallest absolute Gasteiger partial charge is 0.303 e. The van der Waals surface area contributed by atoms with Gasteiger partial charge in [0, 0.05) is 12.5 Å². The lowest BCUT2D eigenvalue weighted by molar-refractivity contribution is -0.136. The molecule has 0 radical (unpaired) electrons. The Labute approximate surface area is 74.0 Å². The van der Waals surface area contributed by atoms with Crippen molar-refractivity contribution in [3.63, 3.8) is 0 Å². The molecule has 0 spiro atoms. The van der Waals surface area contributed by atoms with Gasteiger partial charge in [-0.1, -0.05) is 26.2 Å². The molecule has 3 N–H and O–H groups in total. The van der Waals surface area contributed by atoms with E-state index in [9.17, 15) is 4.79 Å². The Balaban J connectivity index is 0.000000217. The summed E-state index contributed by atoms with van der Waals surface area (Å²) in [5, 5.41) is 7.72. The van der Waals surface area contributed by atoms with Gasteiger partial charge in [0.1, 0.15) is 0 Å². The summed E-state index contributed by atoms with van der Waals surface area (Å²) < 4.78 is 0. The number of carbonyl (C=O) groups is 1. The van der Waals surface area contributed by atoms with E-state index in [1.807, 2.05) is 0 Å². The van der Waals surface area contributed by atoms with E-state index in [-0.39, 0.29) is 6.42 Å². The molecule has 1 fully saturated rings. The van der Waals surface area contributed by atoms with Crippen molar-refractivity contribution in [3.8, 4) is 0 Å². The van der Waals surface area contributed by atoms with Gasteiger partial charge in [-0.15, -0.1) is 0 Å². The number of nitrogens with two attached hydrogens (primary N) is 1. The summed E-state index contributed by atoms with van der Waals surface area (Å²) in [5.74, 6) is -0.745. The van der Waals surface area contributed by atoms with E-state index < -0.39 is 5.97 Å². The average Bonchev–Trinajstić information content (AvgIpc) is 2.07. The summed E-state index contributed by atoms with van der Waals surface area (Å²) in [4.78, 5) is 9.37. The third kappa shape index (κ3) is 7.54. The number of hydrogen-bond acceptors (Lipinski definition) is 2. The molecule has 0 aromatic carbocycles. The van der Waals surface area contributed by atoms with Gasteiger partial charge in [0.25, 0.3) is 0 Å². The summed E-state index contributed by atoms with van der Waals surface area (Å²) >= 11 is 0. The van der Waals surface area contributed by atoms with Crippen molar-refractivity contribution in [2.24, 2.45) is 5.73 Å². The van der Waals surface area contributed by atoms with Crippen molar-refractivity contribution < 1.29 is 9.90 Å². The van der Waals surface area contributed by atoms with Gasteiger partial charge < -0.3 is 10.8 Å². The molecule has 1 rings (SSSR count). The lowest BCUT2D eigenvalue weighted by Crippen LogP contribution is -2.22. The minimum absolute atomic E-state index is 0.222. The van der Waals surface area contributed by atoms with E-state index in [2.05, 4.69) is 0 Å². The molecular formula is C9H19NO2. The summed E-state index contributed by atoms with van der Waals surface area (Å²) in [5.41, 5.74) is 5.63. The van der Waals surface area contributed by atoms with E-state index >= 15 is 0 Å². The Morgan fingerprint density at radius 2 is 1.83 bits per heavy atom. The topological polar surface area (TPSA) is 63.3 Å². The molecule has 1 saturated carbocycles. The third-order valence-electron chi connectivity index (χ3n) is 1.95. The van der Waals surface area contributed by atoms with E-state index in [4.69, 9.17) is 10.8 Å². The Morgan fingerprint density at radius 3 is 2.00 bits per heavy atom. The summed E-state index contributed by atoms with van der Waals surface area (Å²) in [6.45, 7) is 1.60. The maximum absolute atomic E-state index is 9.37. The molecule has 72 valence electrons. The Kier molecular flexibility index (Phi) is 6.76. The molecule has 0 atom stereocenters. The fraction of sp³-hybridized carbons (Fsp3) is 0.889. The Bertz CT molecular complexity index is 120. The molecule has 3 nitrogen and oxygen atoms in total. The summed E-state index contributed by atoms with van der Waals surface area (Å²) in [6, 6.07) is 0.536. The predicted molar refractivity (Wildman–Crippen MR) is 49.0 cm³/mol. The Hall–Kier alpha value is -0.570. The number of carboxylic acids is 1. The third-order valence-corrected chi connectivity index (χ3v) is 1.95. The van der Waals surface area contributed by atoms with Gasteiger partial charge in [0.2, 0.25) is 0 Å². The molecule has 0 unspecified atom stereocenters. The van der Waals surface area contributed by atoms with Gasteiger partial charge in [-0.05, 0) is 12.8 Å². The fourth-order valence-corrected chi connectivity index (χ4v) is 1.13. The summed E-state index contributed by atoms with van der Waals surface area (Å²) in [7, 11) is 0. The largest absolute Gasteiger partial charge is 0.481 e. The Morgan fingerprint density at radius 1 is 1.42 bits per heavy atom. The van der Waals surface area contributed by atoms with Crippen LogP contribution in [0.5, 0.6) is 0 Å². The van der Waals surface area contributed by atoms with Crippen molar-refractivity contribution in [3.05, 3.63) is 0 Å². The SMILES string of the molecule is CCC(=O)O.NC1CCCCC1. The number of hydrogen-bond donors (Lipinski definition) is 2. The summed E-state index contributed by atoms with van der Waals surface area (Å²) in [6.07, 6.45) is 6.88. The van der Waals surface area contributed by atoms with Gasteiger partial charge >= 0.3 is 5.97 Å². The standard InChI is InChI=1S/C6H13N.C3H6O2/c7-6-4-2-1-3-5-6;1-2-3(4)5/h6H,1-5,7H2;2H2,1H3,(H,4,5). The van der Waals surface area contributed by atoms with Gasteiger partial charge in [-0.3, -0.25) is 4.79 Å². The molecule has 3 heteroatoms. The monoisotopic (exact) mass is 173 g/mol. The highest BCUT2D eigenvalue weighted by atomic mass is 16.4. The van der Waals surface area contributed by atoms with Crippen LogP contribution in [0.1, 0.15) is 45.4 Å². The first-order valence-electron chi connectivity index (χ1n) is 4.64. The quantitative estimate of drug-likeness (QED) is 0.635. The molecule has 1 aliphatic rings. The van der Waals surface area contributed by atoms with Gasteiger partial charge in [0.05, 0.1) is 0 Å². The van der Waals surface area contributed by atoms with Crippen LogP contribution in [0.2, 0.25) is 0 Å². The zero-order chi connectivity index (χ0) is 9.40. The minimum Gasteiger partial charge on any atom is -0.481 e. The maximum Gasteiger partial charge on any atom is 0.303 e. The fourth-order valence-electron chi connectivity index (χ4n) is 1.13. The molecule has 0 bridgehead atoms. The molecule has 12 heavy (non-hydrogen) atoms. The first kappa shape index (κ1) is 11.4. The van der Waals surface area contributed by atoms with Gasteiger partial charge in [-0.25, -0.2) is 0 Å². The highest BCUT2D eigenvalue weighted by Gasteiger charge is 2.06. The molecule has 0 aromatic rings. The van der Waals surface area contributed by atoms with Crippen molar-refractivity contribution >= 4 is 5.97 Å². The first-order valence-corrected chi connectivity index (χ1v) is 4.64. The molecule has 0 aromatic heterocycles. The molecule has 0 heterocycles. The zero-order valence-electron chi connectivity index (χ0n) is 7.75. The van der Waals surface area contributed by atoms with E-state index in [1.165, 1.54) is 32.1 Å². The molecule has 0 saturated heterocycles. The van der Waals surface area contributed by atoms with Crippen molar-refractivity contribution in [2.45, 2.75) is 51.5 Å². The molecule has 0 amide bonds. The average molecular weight is 173 g/mol. The van der Waals surface area contributed by atoms with Crippen LogP contribution < -0.4 is 5.73 Å². The molecule has 1 aliphatic carbocycles. The molecule has 0 aliphatic heterocycles. The van der Waals surface area contributed by atoms with E-state index in [0.29, 0.717) is 6.04 Å². The van der Waals surface area contributed by atoms with Crippen LogP contribution in [0.25, 0.3) is 0 Å². The second-order valence-electron chi connectivity index (χ2n) is 3.15. The highest BCUT2D eigenvalue weighted by Crippen LogP contribution is 2.14. The van der Waals surface area contributed by atoms with E-state index in [1.54, 1.807) is 6.92 Å². The zero-order valence-corrected chi connectivity index (χ0v) is 7.75. The lowest BCUT2D eigenvalue weighted by Gasteiger charge is -2.15. The molecular weight excluding hydrogens is 154 g/mol. The van der Waals surface area contributed by atoms with Gasteiger partial charge in [0.15, 0.2) is 0 Å². The lowest BCUT2D eigenvalue weighted by atomic mass is 9.97. The normalized spacial score (nSPS) is 17.8. The van der Waals surface area contributed by atoms with Crippen LogP contribution >= 0.6 is 0 Å². The number of rotatable bonds is 1. The highest BCUT2D eigenvalue weighted by molar-refractivity contribution is 5.66. The van der Waals surface area contributed by atoms with Crippen molar-refractivity contribution in [1.82, 2.24) is 0 Å². The number of carboxylic acid groups (broad SMARTS) is 1. The van der Waals surface area contributed by atoms with Crippen LogP contribution in [0.4, 0.5) is 0 Å². The van der Waals surface area contributed by atoms with Crippen LogP contribution in [0.3, 0.4) is 0 Å². The van der Waals surface area contributed by atoms with Crippen molar-refractivity contribution in [2.75, 3.05) is 0 Å².